The topological polar surface area (TPSA) is 17.8 Å². The zero-order valence-corrected chi connectivity index (χ0v) is 21.3. The maximum atomic E-state index is 4.83. The lowest BCUT2D eigenvalue weighted by atomic mass is 9.86. The predicted octanol–water partition coefficient (Wildman–Crippen LogP) is 9.82. The maximum Gasteiger partial charge on any atom is 0.145 e. The highest BCUT2D eigenvalue weighted by molar-refractivity contribution is 6.22. The van der Waals surface area contributed by atoms with E-state index in [0.29, 0.717) is 0 Å². The summed E-state index contributed by atoms with van der Waals surface area (Å²) in [6.45, 7) is 0. The van der Waals surface area contributed by atoms with Crippen molar-refractivity contribution in [3.05, 3.63) is 146 Å². The SMILES string of the molecule is c1ccc(-c2c3ccccc3c(-c3ccccc3)c3cc(-n4c5ccccc5c5cccnc54)ccc23)cc1. The summed E-state index contributed by atoms with van der Waals surface area (Å²) in [4.78, 5) is 4.83. The van der Waals surface area contributed by atoms with Crippen LogP contribution in [0.1, 0.15) is 0 Å². The normalized spacial score (nSPS) is 11.6. The Labute approximate surface area is 226 Å². The Morgan fingerprint density at radius 3 is 1.64 bits per heavy atom. The number of para-hydroxylation sites is 1. The summed E-state index contributed by atoms with van der Waals surface area (Å²) in [5, 5.41) is 7.38. The number of nitrogens with zero attached hydrogens (tertiary/aromatic N) is 2. The molecule has 2 aromatic heterocycles. The van der Waals surface area contributed by atoms with Crippen LogP contribution in [0.3, 0.4) is 0 Å². The minimum absolute atomic E-state index is 0.975. The highest BCUT2D eigenvalue weighted by Gasteiger charge is 2.19. The van der Waals surface area contributed by atoms with Gasteiger partial charge in [0, 0.05) is 22.7 Å². The van der Waals surface area contributed by atoms with Gasteiger partial charge in [-0.15, -0.1) is 0 Å². The van der Waals surface area contributed by atoms with Gasteiger partial charge in [-0.05, 0) is 74.1 Å². The Morgan fingerprint density at radius 1 is 0.410 bits per heavy atom. The van der Waals surface area contributed by atoms with E-state index in [0.717, 1.165) is 16.9 Å². The second-order valence-electron chi connectivity index (χ2n) is 9.98. The van der Waals surface area contributed by atoms with Crippen LogP contribution < -0.4 is 0 Å². The van der Waals surface area contributed by atoms with Gasteiger partial charge in [-0.1, -0.05) is 109 Å². The zero-order valence-electron chi connectivity index (χ0n) is 21.3. The molecule has 0 unspecified atom stereocenters. The first-order chi connectivity index (χ1) is 19.4. The van der Waals surface area contributed by atoms with E-state index in [-0.39, 0.29) is 0 Å². The lowest BCUT2D eigenvalue weighted by Crippen LogP contribution is -1.97. The Bertz CT molecular complexity index is 2100. The Morgan fingerprint density at radius 2 is 0.949 bits per heavy atom. The van der Waals surface area contributed by atoms with Gasteiger partial charge in [0.25, 0.3) is 0 Å². The van der Waals surface area contributed by atoms with Gasteiger partial charge >= 0.3 is 0 Å². The van der Waals surface area contributed by atoms with E-state index in [1.807, 2.05) is 12.3 Å². The van der Waals surface area contributed by atoms with E-state index in [9.17, 15) is 0 Å². The molecule has 0 aliphatic heterocycles. The summed E-state index contributed by atoms with van der Waals surface area (Å²) in [6.07, 6.45) is 1.88. The quantitative estimate of drug-likeness (QED) is 0.223. The summed E-state index contributed by atoms with van der Waals surface area (Å²) < 4.78 is 2.30. The monoisotopic (exact) mass is 496 g/mol. The highest BCUT2D eigenvalue weighted by Crippen LogP contribution is 2.44. The highest BCUT2D eigenvalue weighted by atomic mass is 15.0. The molecule has 2 heteroatoms. The second kappa shape index (κ2) is 8.68. The molecule has 2 heterocycles. The summed E-state index contributed by atoms with van der Waals surface area (Å²) in [5.74, 6) is 0. The lowest BCUT2D eigenvalue weighted by molar-refractivity contribution is 1.14. The predicted molar refractivity (Wildman–Crippen MR) is 164 cm³/mol. The molecule has 0 fully saturated rings. The van der Waals surface area contributed by atoms with Gasteiger partial charge in [0.15, 0.2) is 0 Å². The molecule has 0 amide bonds. The van der Waals surface area contributed by atoms with Gasteiger partial charge in [0.1, 0.15) is 5.65 Å². The smallest absolute Gasteiger partial charge is 0.145 e. The van der Waals surface area contributed by atoms with Crippen LogP contribution >= 0.6 is 0 Å². The number of hydrogen-bond donors (Lipinski definition) is 0. The van der Waals surface area contributed by atoms with Crippen LogP contribution in [0, 0.1) is 0 Å². The van der Waals surface area contributed by atoms with Gasteiger partial charge in [-0.3, -0.25) is 4.57 Å². The van der Waals surface area contributed by atoms with Crippen LogP contribution in [-0.4, -0.2) is 9.55 Å². The Kier molecular flexibility index (Phi) is 4.86. The van der Waals surface area contributed by atoms with E-state index in [4.69, 9.17) is 4.98 Å². The van der Waals surface area contributed by atoms with Gasteiger partial charge < -0.3 is 0 Å². The number of pyridine rings is 1. The van der Waals surface area contributed by atoms with Gasteiger partial charge in [-0.2, -0.15) is 0 Å². The van der Waals surface area contributed by atoms with Crippen molar-refractivity contribution in [2.75, 3.05) is 0 Å². The van der Waals surface area contributed by atoms with Crippen molar-refractivity contribution in [2.45, 2.75) is 0 Å². The van der Waals surface area contributed by atoms with Crippen LogP contribution in [0.2, 0.25) is 0 Å². The van der Waals surface area contributed by atoms with E-state index in [1.54, 1.807) is 0 Å². The minimum atomic E-state index is 0.975. The minimum Gasteiger partial charge on any atom is -0.294 e. The third kappa shape index (κ3) is 3.32. The molecule has 0 radical (unpaired) electrons. The molecule has 0 bridgehead atoms. The lowest BCUT2D eigenvalue weighted by Gasteiger charge is -2.19. The number of hydrogen-bond acceptors (Lipinski definition) is 1. The van der Waals surface area contributed by atoms with Gasteiger partial charge in [0.2, 0.25) is 0 Å². The molecule has 8 rings (SSSR count). The molecule has 0 saturated carbocycles. The largest absolute Gasteiger partial charge is 0.294 e. The molecule has 6 aromatic carbocycles. The van der Waals surface area contributed by atoms with Crippen LogP contribution in [0.4, 0.5) is 0 Å². The fourth-order valence-electron chi connectivity index (χ4n) is 6.19. The van der Waals surface area contributed by atoms with E-state index < -0.39 is 0 Å². The third-order valence-corrected chi connectivity index (χ3v) is 7.82. The molecule has 8 aromatic rings. The first-order valence-corrected chi connectivity index (χ1v) is 13.3. The molecular weight excluding hydrogens is 472 g/mol. The van der Waals surface area contributed by atoms with Crippen LogP contribution in [0.5, 0.6) is 0 Å². The number of fused-ring (bicyclic) bond motifs is 5. The molecule has 2 nitrogen and oxygen atoms in total. The van der Waals surface area contributed by atoms with Crippen molar-refractivity contribution in [3.8, 4) is 27.9 Å². The first kappa shape index (κ1) is 21.8. The van der Waals surface area contributed by atoms with Gasteiger partial charge in [-0.25, -0.2) is 4.98 Å². The average Bonchev–Trinajstić information content (AvgIpc) is 3.35. The van der Waals surface area contributed by atoms with Crippen molar-refractivity contribution in [2.24, 2.45) is 0 Å². The molecule has 0 saturated heterocycles. The first-order valence-electron chi connectivity index (χ1n) is 13.3. The molecule has 0 aliphatic carbocycles. The molecule has 39 heavy (non-hydrogen) atoms. The molecular formula is C37H24N2. The average molecular weight is 497 g/mol. The van der Waals surface area contributed by atoms with Crippen molar-refractivity contribution < 1.29 is 0 Å². The Balaban J connectivity index is 1.55. The molecule has 0 spiro atoms. The standard InChI is InChI=1S/C37H24N2/c1-3-12-25(13-4-1)35-29-17-7-8-18-30(29)36(26-14-5-2-6-15-26)33-24-27(21-22-31(33)35)39-34-20-10-9-16-28(34)32-19-11-23-38-37(32)39/h1-24H. The summed E-state index contributed by atoms with van der Waals surface area (Å²) in [6, 6.07) is 50.0. The van der Waals surface area contributed by atoms with E-state index in [1.165, 1.54) is 54.6 Å². The fraction of sp³-hybridized carbons (Fsp3) is 0. The molecule has 0 N–H and O–H groups in total. The van der Waals surface area contributed by atoms with E-state index >= 15 is 0 Å². The molecule has 0 aliphatic rings. The number of rotatable bonds is 3. The van der Waals surface area contributed by atoms with Crippen molar-refractivity contribution in [1.82, 2.24) is 9.55 Å². The summed E-state index contributed by atoms with van der Waals surface area (Å²) in [5.41, 5.74) is 8.22. The van der Waals surface area contributed by atoms with E-state index in [2.05, 4.69) is 138 Å². The number of aromatic nitrogens is 2. The second-order valence-corrected chi connectivity index (χ2v) is 9.98. The van der Waals surface area contributed by atoms with Crippen LogP contribution in [0.25, 0.3) is 71.4 Å². The van der Waals surface area contributed by atoms with Crippen LogP contribution in [0.15, 0.2) is 146 Å². The number of benzene rings is 6. The zero-order chi connectivity index (χ0) is 25.8. The molecule has 182 valence electrons. The van der Waals surface area contributed by atoms with Crippen molar-refractivity contribution in [1.29, 1.82) is 0 Å². The maximum absolute atomic E-state index is 4.83. The third-order valence-electron chi connectivity index (χ3n) is 7.82. The van der Waals surface area contributed by atoms with Crippen molar-refractivity contribution >= 4 is 43.5 Å². The van der Waals surface area contributed by atoms with Gasteiger partial charge in [0.05, 0.1) is 5.52 Å². The molecule has 0 atom stereocenters. The summed E-state index contributed by atoms with van der Waals surface area (Å²) >= 11 is 0. The fourth-order valence-corrected chi connectivity index (χ4v) is 6.19. The summed E-state index contributed by atoms with van der Waals surface area (Å²) in [7, 11) is 0. The van der Waals surface area contributed by atoms with Crippen molar-refractivity contribution in [3.63, 3.8) is 0 Å². The van der Waals surface area contributed by atoms with Crippen LogP contribution in [-0.2, 0) is 0 Å². The Hall–Kier alpha value is -5.21.